The van der Waals surface area contributed by atoms with Crippen LogP contribution in [-0.4, -0.2) is 31.2 Å². The van der Waals surface area contributed by atoms with Crippen LogP contribution in [0, 0.1) is 0 Å². The smallest absolute Gasteiger partial charge is 0.0646 e. The molecule has 0 amide bonds. The predicted molar refractivity (Wildman–Crippen MR) is 44.6 cm³/mol. The van der Waals surface area contributed by atoms with Crippen LogP contribution in [0.4, 0.5) is 0 Å². The van der Waals surface area contributed by atoms with Gasteiger partial charge in [-0.2, -0.15) is 0 Å². The lowest BCUT2D eigenvalue weighted by Crippen LogP contribution is -2.50. The van der Waals surface area contributed by atoms with Crippen molar-refractivity contribution < 1.29 is 0 Å². The van der Waals surface area contributed by atoms with Crippen LogP contribution in [0.5, 0.6) is 0 Å². The van der Waals surface area contributed by atoms with Crippen molar-refractivity contribution >= 4 is 0 Å². The van der Waals surface area contributed by atoms with Crippen molar-refractivity contribution in [2.75, 3.05) is 20.6 Å². The third-order valence-corrected chi connectivity index (χ3v) is 1.68. The van der Waals surface area contributed by atoms with Gasteiger partial charge in [0.15, 0.2) is 0 Å². The van der Waals surface area contributed by atoms with Crippen LogP contribution in [0.2, 0.25) is 0 Å². The molecule has 3 heteroatoms. The molecule has 0 aromatic heterocycles. The molecule has 0 aliphatic heterocycles. The van der Waals surface area contributed by atoms with Crippen LogP contribution in [0.15, 0.2) is 0 Å². The molecule has 0 saturated heterocycles. The second-order valence-corrected chi connectivity index (χ2v) is 3.14. The van der Waals surface area contributed by atoms with E-state index in [1.165, 1.54) is 0 Å². The summed E-state index contributed by atoms with van der Waals surface area (Å²) in [4.78, 5) is 2.09. The zero-order valence-corrected chi connectivity index (χ0v) is 7.22. The first-order valence-corrected chi connectivity index (χ1v) is 3.70. The van der Waals surface area contributed by atoms with Gasteiger partial charge in [-0.1, -0.05) is 6.92 Å². The second-order valence-electron chi connectivity index (χ2n) is 3.14. The molecule has 10 heavy (non-hydrogen) atoms. The Balaban J connectivity index is 3.46. The highest BCUT2D eigenvalue weighted by atomic mass is 15.1. The van der Waals surface area contributed by atoms with Gasteiger partial charge in [-0.05, 0) is 26.9 Å². The van der Waals surface area contributed by atoms with Crippen molar-refractivity contribution in [2.45, 2.75) is 25.4 Å². The van der Waals surface area contributed by atoms with Gasteiger partial charge in [0.1, 0.15) is 0 Å². The van der Waals surface area contributed by atoms with Crippen molar-refractivity contribution in [1.82, 2.24) is 4.90 Å². The maximum absolute atomic E-state index is 5.72. The summed E-state index contributed by atoms with van der Waals surface area (Å²) in [7, 11) is 4.04. The van der Waals surface area contributed by atoms with Crippen LogP contribution in [0.1, 0.15) is 19.8 Å². The standard InChI is InChI=1S/C7H19N3/c1-4-7(8,9)5-6-10(2)3/h4-6,8-9H2,1-3H3. The van der Waals surface area contributed by atoms with E-state index in [0.29, 0.717) is 0 Å². The Hall–Kier alpha value is -0.120. The fraction of sp³-hybridized carbons (Fsp3) is 1.00. The molecule has 0 saturated carbocycles. The summed E-state index contributed by atoms with van der Waals surface area (Å²) < 4.78 is 0. The molecule has 0 radical (unpaired) electrons. The Kier molecular flexibility index (Phi) is 3.86. The topological polar surface area (TPSA) is 55.3 Å². The minimum Gasteiger partial charge on any atom is -0.313 e. The van der Waals surface area contributed by atoms with E-state index in [1.807, 2.05) is 21.0 Å². The number of nitrogens with zero attached hydrogens (tertiary/aromatic N) is 1. The fourth-order valence-corrected chi connectivity index (χ4v) is 0.609. The summed E-state index contributed by atoms with van der Waals surface area (Å²) >= 11 is 0. The molecule has 0 fully saturated rings. The Bertz CT molecular complexity index is 88.9. The van der Waals surface area contributed by atoms with E-state index in [-0.39, 0.29) is 0 Å². The number of nitrogens with two attached hydrogens (primary N) is 2. The fourth-order valence-electron chi connectivity index (χ4n) is 0.609. The van der Waals surface area contributed by atoms with Crippen LogP contribution >= 0.6 is 0 Å². The second kappa shape index (κ2) is 3.91. The number of hydrogen-bond acceptors (Lipinski definition) is 3. The highest BCUT2D eigenvalue weighted by molar-refractivity contribution is 4.74. The third-order valence-electron chi connectivity index (χ3n) is 1.68. The van der Waals surface area contributed by atoms with Gasteiger partial charge < -0.3 is 16.4 Å². The molecule has 0 heterocycles. The summed E-state index contributed by atoms with van der Waals surface area (Å²) in [5, 5.41) is 0. The van der Waals surface area contributed by atoms with Gasteiger partial charge in [-0.15, -0.1) is 0 Å². The Morgan fingerprint density at radius 2 is 1.80 bits per heavy atom. The van der Waals surface area contributed by atoms with Crippen LogP contribution < -0.4 is 11.5 Å². The number of hydrogen-bond donors (Lipinski definition) is 2. The van der Waals surface area contributed by atoms with Gasteiger partial charge in [0.25, 0.3) is 0 Å². The lowest BCUT2D eigenvalue weighted by atomic mass is 10.1. The molecule has 0 aliphatic carbocycles. The van der Waals surface area contributed by atoms with Crippen molar-refractivity contribution in [3.05, 3.63) is 0 Å². The van der Waals surface area contributed by atoms with E-state index in [2.05, 4.69) is 4.90 Å². The molecule has 0 bridgehead atoms. The van der Waals surface area contributed by atoms with E-state index in [0.717, 1.165) is 19.4 Å². The molecule has 0 aromatic rings. The molecule has 3 nitrogen and oxygen atoms in total. The summed E-state index contributed by atoms with van der Waals surface area (Å²) in [5.41, 5.74) is 11.0. The number of rotatable bonds is 4. The predicted octanol–water partition coefficient (Wildman–Crippen LogP) is -0.0382. The molecule has 0 rings (SSSR count). The van der Waals surface area contributed by atoms with E-state index in [1.54, 1.807) is 0 Å². The van der Waals surface area contributed by atoms with Crippen molar-refractivity contribution in [2.24, 2.45) is 11.5 Å². The Labute approximate surface area is 63.4 Å². The van der Waals surface area contributed by atoms with Gasteiger partial charge in [-0.3, -0.25) is 0 Å². The quantitative estimate of drug-likeness (QED) is 0.546. The molecule has 0 unspecified atom stereocenters. The van der Waals surface area contributed by atoms with E-state index >= 15 is 0 Å². The summed E-state index contributed by atoms with van der Waals surface area (Å²) in [6, 6.07) is 0. The zero-order chi connectivity index (χ0) is 8.20. The lowest BCUT2D eigenvalue weighted by Gasteiger charge is -2.24. The molecular formula is C7H19N3. The lowest BCUT2D eigenvalue weighted by molar-refractivity contribution is 0.312. The van der Waals surface area contributed by atoms with Crippen LogP contribution in [0.3, 0.4) is 0 Å². The molecule has 0 aliphatic rings. The maximum atomic E-state index is 5.72. The average Bonchev–Trinajstić information content (AvgIpc) is 1.85. The summed E-state index contributed by atoms with van der Waals surface area (Å²) in [5.74, 6) is 0. The van der Waals surface area contributed by atoms with Crippen molar-refractivity contribution in [1.29, 1.82) is 0 Å². The first-order valence-electron chi connectivity index (χ1n) is 3.70. The molecule has 4 N–H and O–H groups in total. The van der Waals surface area contributed by atoms with E-state index in [4.69, 9.17) is 11.5 Å². The minimum atomic E-state index is -0.468. The molecular weight excluding hydrogens is 126 g/mol. The highest BCUT2D eigenvalue weighted by Crippen LogP contribution is 2.02. The van der Waals surface area contributed by atoms with Gasteiger partial charge >= 0.3 is 0 Å². The van der Waals surface area contributed by atoms with E-state index < -0.39 is 5.66 Å². The van der Waals surface area contributed by atoms with Gasteiger partial charge in [0, 0.05) is 6.54 Å². The molecule has 0 spiro atoms. The van der Waals surface area contributed by atoms with Crippen LogP contribution in [-0.2, 0) is 0 Å². The SMILES string of the molecule is CCC(N)(N)CCN(C)C. The first-order chi connectivity index (χ1) is 4.48. The van der Waals surface area contributed by atoms with Crippen LogP contribution in [0.25, 0.3) is 0 Å². The average molecular weight is 145 g/mol. The monoisotopic (exact) mass is 145 g/mol. The molecule has 0 atom stereocenters. The largest absolute Gasteiger partial charge is 0.313 e. The highest BCUT2D eigenvalue weighted by Gasteiger charge is 2.15. The molecule has 62 valence electrons. The van der Waals surface area contributed by atoms with Gasteiger partial charge in [-0.25, -0.2) is 0 Å². The Morgan fingerprint density at radius 1 is 1.30 bits per heavy atom. The molecule has 0 aromatic carbocycles. The normalized spacial score (nSPS) is 12.6. The zero-order valence-electron chi connectivity index (χ0n) is 7.22. The third kappa shape index (κ3) is 4.73. The first kappa shape index (κ1) is 9.88. The summed E-state index contributed by atoms with van der Waals surface area (Å²) in [6.07, 6.45) is 1.69. The van der Waals surface area contributed by atoms with Gasteiger partial charge in [0.05, 0.1) is 5.66 Å². The maximum Gasteiger partial charge on any atom is 0.0646 e. The van der Waals surface area contributed by atoms with Crippen molar-refractivity contribution in [3.63, 3.8) is 0 Å². The summed E-state index contributed by atoms with van der Waals surface area (Å²) in [6.45, 7) is 2.97. The Morgan fingerprint density at radius 3 is 2.10 bits per heavy atom. The van der Waals surface area contributed by atoms with Crippen molar-refractivity contribution in [3.8, 4) is 0 Å². The minimum absolute atomic E-state index is 0.468. The van der Waals surface area contributed by atoms with Gasteiger partial charge in [0.2, 0.25) is 0 Å². The van der Waals surface area contributed by atoms with E-state index in [9.17, 15) is 0 Å².